The minimum absolute atomic E-state index is 0.651. The van der Waals surface area contributed by atoms with E-state index < -0.39 is 5.79 Å². The largest absolute Gasteiger partial charge is 0.454 e. The van der Waals surface area contributed by atoms with Gasteiger partial charge in [-0.15, -0.1) is 0 Å². The first-order valence-electron chi connectivity index (χ1n) is 6.38. The molecule has 0 saturated heterocycles. The molecule has 2 heteroatoms. The zero-order chi connectivity index (χ0) is 12.0. The average Bonchev–Trinajstić information content (AvgIpc) is 2.43. The summed E-state index contributed by atoms with van der Waals surface area (Å²) in [7, 11) is 0. The zero-order valence-electron chi connectivity index (χ0n) is 10.1. The van der Waals surface area contributed by atoms with Crippen LogP contribution in [0.4, 0.5) is 0 Å². The molecule has 3 aliphatic rings. The molecule has 2 heterocycles. The molecular weight excluding hydrogens is 224 g/mol. The van der Waals surface area contributed by atoms with Gasteiger partial charge in [-0.2, -0.15) is 0 Å². The Kier molecular flexibility index (Phi) is 2.03. The van der Waals surface area contributed by atoms with E-state index in [1.807, 2.05) is 12.1 Å². The van der Waals surface area contributed by atoms with Gasteiger partial charge >= 0.3 is 0 Å². The Morgan fingerprint density at radius 2 is 2.11 bits per heavy atom. The summed E-state index contributed by atoms with van der Waals surface area (Å²) in [6, 6.07) is 8.20. The Morgan fingerprint density at radius 3 is 3.11 bits per heavy atom. The summed E-state index contributed by atoms with van der Waals surface area (Å²) in [4.78, 5) is 0. The third-order valence-electron chi connectivity index (χ3n) is 3.77. The normalized spacial score (nSPS) is 28.2. The summed E-state index contributed by atoms with van der Waals surface area (Å²) in [5, 5.41) is 0. The second-order valence-electron chi connectivity index (χ2n) is 4.85. The molecule has 0 bridgehead atoms. The summed E-state index contributed by atoms with van der Waals surface area (Å²) in [5.74, 6) is 0.291. The Balaban J connectivity index is 1.90. The number of ether oxygens (including phenoxy) is 2. The first-order valence-corrected chi connectivity index (χ1v) is 6.38. The van der Waals surface area contributed by atoms with Crippen molar-refractivity contribution < 1.29 is 9.47 Å². The van der Waals surface area contributed by atoms with E-state index in [-0.39, 0.29) is 0 Å². The molecule has 0 amide bonds. The molecule has 1 aliphatic carbocycles. The lowest BCUT2D eigenvalue weighted by molar-refractivity contribution is -0.137. The van der Waals surface area contributed by atoms with Crippen molar-refractivity contribution in [3.05, 3.63) is 65.3 Å². The number of hydrogen-bond donors (Lipinski definition) is 0. The van der Waals surface area contributed by atoms with Crippen LogP contribution in [0, 0.1) is 0 Å². The Labute approximate surface area is 106 Å². The third kappa shape index (κ3) is 1.27. The maximum Gasteiger partial charge on any atom is 0.260 e. The molecule has 0 fully saturated rings. The van der Waals surface area contributed by atoms with Gasteiger partial charge < -0.3 is 9.47 Å². The van der Waals surface area contributed by atoms with Crippen LogP contribution in [0.25, 0.3) is 0 Å². The van der Waals surface area contributed by atoms with Gasteiger partial charge in [-0.1, -0.05) is 42.5 Å². The predicted molar refractivity (Wildman–Crippen MR) is 69.4 cm³/mol. The molecule has 2 aliphatic heterocycles. The molecule has 90 valence electrons. The van der Waals surface area contributed by atoms with Crippen molar-refractivity contribution in [2.45, 2.75) is 18.6 Å². The number of rotatable bonds is 0. The van der Waals surface area contributed by atoms with Gasteiger partial charge in [0, 0.05) is 17.6 Å². The number of para-hydroxylation sites is 1. The van der Waals surface area contributed by atoms with Crippen molar-refractivity contribution >= 4 is 0 Å². The second-order valence-corrected chi connectivity index (χ2v) is 4.85. The highest BCUT2D eigenvalue weighted by Crippen LogP contribution is 2.45. The number of allylic oxidation sites excluding steroid dienone is 2. The molecule has 2 nitrogen and oxygen atoms in total. The minimum atomic E-state index is -0.651. The third-order valence-corrected chi connectivity index (χ3v) is 3.77. The molecule has 1 aromatic carbocycles. The Bertz CT molecular complexity index is 595. The van der Waals surface area contributed by atoms with Crippen LogP contribution in [-0.2, 0) is 11.2 Å². The summed E-state index contributed by atoms with van der Waals surface area (Å²) in [6.07, 6.45) is 10.4. The van der Waals surface area contributed by atoms with Crippen molar-refractivity contribution in [2.24, 2.45) is 0 Å². The smallest absolute Gasteiger partial charge is 0.260 e. The molecule has 1 atom stereocenters. The summed E-state index contributed by atoms with van der Waals surface area (Å²) in [6.45, 7) is 0.719. The van der Waals surface area contributed by atoms with Crippen molar-refractivity contribution in [2.75, 3.05) is 6.61 Å². The van der Waals surface area contributed by atoms with E-state index in [0.717, 1.165) is 30.8 Å². The summed E-state index contributed by atoms with van der Waals surface area (Å²) < 4.78 is 12.2. The van der Waals surface area contributed by atoms with Crippen LogP contribution in [-0.4, -0.2) is 12.4 Å². The van der Waals surface area contributed by atoms with E-state index in [0.29, 0.717) is 0 Å². The van der Waals surface area contributed by atoms with E-state index in [1.165, 1.54) is 11.1 Å². The first-order chi connectivity index (χ1) is 8.88. The van der Waals surface area contributed by atoms with Crippen LogP contribution in [0.15, 0.2) is 59.7 Å². The first kappa shape index (κ1) is 10.2. The lowest BCUT2D eigenvalue weighted by Crippen LogP contribution is -2.48. The SMILES string of the molecule is C1=CC2=CCCOC23Oc2ccccc2CC3=C1. The second kappa shape index (κ2) is 3.59. The number of benzene rings is 1. The van der Waals surface area contributed by atoms with Gasteiger partial charge in [-0.05, 0) is 18.1 Å². The van der Waals surface area contributed by atoms with Crippen LogP contribution in [0.2, 0.25) is 0 Å². The van der Waals surface area contributed by atoms with Gasteiger partial charge in [0.2, 0.25) is 0 Å². The van der Waals surface area contributed by atoms with Crippen LogP contribution in [0.1, 0.15) is 12.0 Å². The van der Waals surface area contributed by atoms with E-state index in [9.17, 15) is 0 Å². The number of fused-ring (bicyclic) bond motifs is 1. The minimum Gasteiger partial charge on any atom is -0.454 e. The average molecular weight is 238 g/mol. The molecule has 0 saturated carbocycles. The topological polar surface area (TPSA) is 18.5 Å². The lowest BCUT2D eigenvalue weighted by atomic mass is 9.84. The highest BCUT2D eigenvalue weighted by molar-refractivity contribution is 5.52. The van der Waals surface area contributed by atoms with Crippen molar-refractivity contribution in [1.82, 2.24) is 0 Å². The molecule has 1 unspecified atom stereocenters. The van der Waals surface area contributed by atoms with Gasteiger partial charge in [-0.3, -0.25) is 0 Å². The van der Waals surface area contributed by atoms with Crippen LogP contribution in [0.3, 0.4) is 0 Å². The van der Waals surface area contributed by atoms with Gasteiger partial charge in [-0.25, -0.2) is 0 Å². The van der Waals surface area contributed by atoms with E-state index in [1.54, 1.807) is 0 Å². The Hall–Kier alpha value is -1.80. The van der Waals surface area contributed by atoms with Gasteiger partial charge in [0.1, 0.15) is 5.75 Å². The van der Waals surface area contributed by atoms with E-state index >= 15 is 0 Å². The molecule has 1 aromatic rings. The molecule has 0 radical (unpaired) electrons. The monoisotopic (exact) mass is 238 g/mol. The molecule has 1 spiro atoms. The van der Waals surface area contributed by atoms with Crippen LogP contribution in [0.5, 0.6) is 5.75 Å². The molecule has 0 aromatic heterocycles. The van der Waals surface area contributed by atoms with Crippen molar-refractivity contribution in [1.29, 1.82) is 0 Å². The van der Waals surface area contributed by atoms with E-state index in [4.69, 9.17) is 9.47 Å². The number of hydrogen-bond acceptors (Lipinski definition) is 2. The lowest BCUT2D eigenvalue weighted by Gasteiger charge is -2.44. The standard InChI is InChI=1S/C16H14O2/c1-2-9-15-12(5-1)11-14-7-3-6-13-8-4-10-17-16(13,14)18-15/h1-3,5-9H,4,10-11H2. The van der Waals surface area contributed by atoms with Crippen LogP contribution >= 0.6 is 0 Å². The maximum atomic E-state index is 6.22. The molecular formula is C16H14O2. The van der Waals surface area contributed by atoms with Gasteiger partial charge in [0.15, 0.2) is 0 Å². The Morgan fingerprint density at radius 1 is 1.17 bits per heavy atom. The van der Waals surface area contributed by atoms with Crippen LogP contribution < -0.4 is 4.74 Å². The highest BCUT2D eigenvalue weighted by atomic mass is 16.7. The van der Waals surface area contributed by atoms with E-state index in [2.05, 4.69) is 36.4 Å². The quantitative estimate of drug-likeness (QED) is 0.691. The van der Waals surface area contributed by atoms with Crippen molar-refractivity contribution in [3.8, 4) is 5.75 Å². The molecule has 4 rings (SSSR count). The predicted octanol–water partition coefficient (Wildman–Crippen LogP) is 3.16. The van der Waals surface area contributed by atoms with Gasteiger partial charge in [0.05, 0.1) is 6.61 Å². The zero-order valence-corrected chi connectivity index (χ0v) is 10.1. The highest BCUT2D eigenvalue weighted by Gasteiger charge is 2.46. The fraction of sp³-hybridized carbons (Fsp3) is 0.250. The maximum absolute atomic E-state index is 6.22. The fourth-order valence-electron chi connectivity index (χ4n) is 2.91. The summed E-state index contributed by atoms with van der Waals surface area (Å²) >= 11 is 0. The van der Waals surface area contributed by atoms with Crippen molar-refractivity contribution in [3.63, 3.8) is 0 Å². The fourth-order valence-corrected chi connectivity index (χ4v) is 2.91. The van der Waals surface area contributed by atoms with Gasteiger partial charge in [0.25, 0.3) is 5.79 Å². The molecule has 0 N–H and O–H groups in total. The summed E-state index contributed by atoms with van der Waals surface area (Å²) in [5.41, 5.74) is 3.58. The molecule has 18 heavy (non-hydrogen) atoms.